The van der Waals surface area contributed by atoms with Crippen LogP contribution in [0.4, 0.5) is 5.95 Å². The standard InChI is InChI=1S/C12H19N3OS/c1-3-16-11-6-9(2)14-12(15-11)13-7-10-4-5-17-8-10/h6,10H,3-5,7-8H2,1-2H3,(H,13,14,15). The fourth-order valence-electron chi connectivity index (χ4n) is 1.82. The topological polar surface area (TPSA) is 47.0 Å². The molecular formula is C12H19N3OS. The summed E-state index contributed by atoms with van der Waals surface area (Å²) in [5.41, 5.74) is 0.937. The van der Waals surface area contributed by atoms with Crippen LogP contribution in [-0.2, 0) is 0 Å². The quantitative estimate of drug-likeness (QED) is 0.873. The minimum atomic E-state index is 0.634. The molecule has 1 aromatic rings. The Kier molecular flexibility index (Phi) is 4.48. The van der Waals surface area contributed by atoms with Gasteiger partial charge in [-0.05, 0) is 37.7 Å². The van der Waals surface area contributed by atoms with Gasteiger partial charge in [0, 0.05) is 18.3 Å². The highest BCUT2D eigenvalue weighted by Crippen LogP contribution is 2.23. The van der Waals surface area contributed by atoms with Gasteiger partial charge < -0.3 is 10.1 Å². The third-order valence-corrected chi connectivity index (χ3v) is 3.93. The molecule has 1 atom stereocenters. The van der Waals surface area contributed by atoms with E-state index in [1.165, 1.54) is 17.9 Å². The van der Waals surface area contributed by atoms with Gasteiger partial charge in [0.1, 0.15) is 0 Å². The molecule has 94 valence electrons. The van der Waals surface area contributed by atoms with Gasteiger partial charge in [0.2, 0.25) is 11.8 Å². The molecule has 1 fully saturated rings. The molecule has 5 heteroatoms. The summed E-state index contributed by atoms with van der Waals surface area (Å²) in [4.78, 5) is 8.70. The maximum absolute atomic E-state index is 5.40. The molecule has 1 unspecified atom stereocenters. The fraction of sp³-hybridized carbons (Fsp3) is 0.667. The molecule has 0 amide bonds. The molecule has 0 spiro atoms. The van der Waals surface area contributed by atoms with Crippen LogP contribution in [-0.4, -0.2) is 34.6 Å². The third kappa shape index (κ3) is 3.77. The van der Waals surface area contributed by atoms with E-state index in [2.05, 4.69) is 15.3 Å². The summed E-state index contributed by atoms with van der Waals surface area (Å²) in [6.45, 7) is 5.51. The average molecular weight is 253 g/mol. The Balaban J connectivity index is 1.94. The number of hydrogen-bond acceptors (Lipinski definition) is 5. The number of nitrogens with zero attached hydrogens (tertiary/aromatic N) is 2. The second-order valence-electron chi connectivity index (χ2n) is 4.21. The van der Waals surface area contributed by atoms with Crippen LogP contribution in [0.15, 0.2) is 6.07 Å². The Hall–Kier alpha value is -0.970. The Morgan fingerprint density at radius 3 is 3.12 bits per heavy atom. The molecule has 0 bridgehead atoms. The smallest absolute Gasteiger partial charge is 0.226 e. The van der Waals surface area contributed by atoms with Gasteiger partial charge in [-0.15, -0.1) is 0 Å². The first-order valence-corrected chi connectivity index (χ1v) is 7.23. The molecule has 4 nitrogen and oxygen atoms in total. The van der Waals surface area contributed by atoms with E-state index in [4.69, 9.17) is 4.74 Å². The summed E-state index contributed by atoms with van der Waals surface area (Å²) < 4.78 is 5.40. The number of rotatable bonds is 5. The summed E-state index contributed by atoms with van der Waals surface area (Å²) in [5, 5.41) is 3.31. The summed E-state index contributed by atoms with van der Waals surface area (Å²) in [6, 6.07) is 1.86. The van der Waals surface area contributed by atoms with Crippen molar-refractivity contribution in [2.24, 2.45) is 5.92 Å². The Bertz CT molecular complexity index is 367. The molecule has 0 aliphatic carbocycles. The first-order chi connectivity index (χ1) is 8.28. The van der Waals surface area contributed by atoms with Crippen molar-refractivity contribution in [3.63, 3.8) is 0 Å². The van der Waals surface area contributed by atoms with Crippen LogP contribution in [0.3, 0.4) is 0 Å². The van der Waals surface area contributed by atoms with Gasteiger partial charge in [0.25, 0.3) is 0 Å². The lowest BCUT2D eigenvalue weighted by molar-refractivity contribution is 0.326. The van der Waals surface area contributed by atoms with E-state index in [1.807, 2.05) is 31.7 Å². The van der Waals surface area contributed by atoms with Crippen molar-refractivity contribution < 1.29 is 4.74 Å². The van der Waals surface area contributed by atoms with E-state index in [1.54, 1.807) is 0 Å². The van der Waals surface area contributed by atoms with Crippen LogP contribution in [0.2, 0.25) is 0 Å². The van der Waals surface area contributed by atoms with Gasteiger partial charge in [0.05, 0.1) is 6.61 Å². The fourth-order valence-corrected chi connectivity index (χ4v) is 3.11. The number of ether oxygens (including phenoxy) is 1. The molecule has 2 rings (SSSR count). The number of aromatic nitrogens is 2. The molecule has 0 saturated carbocycles. The van der Waals surface area contributed by atoms with Crippen molar-refractivity contribution in [3.8, 4) is 5.88 Å². The molecule has 2 heterocycles. The predicted octanol–water partition coefficient (Wildman–Crippen LogP) is 2.35. The van der Waals surface area contributed by atoms with Crippen LogP contribution in [0, 0.1) is 12.8 Å². The van der Waals surface area contributed by atoms with Crippen LogP contribution in [0.25, 0.3) is 0 Å². The highest BCUT2D eigenvalue weighted by atomic mass is 32.2. The lowest BCUT2D eigenvalue weighted by Gasteiger charge is -2.11. The Morgan fingerprint density at radius 2 is 2.41 bits per heavy atom. The highest BCUT2D eigenvalue weighted by molar-refractivity contribution is 7.99. The van der Waals surface area contributed by atoms with Crippen molar-refractivity contribution in [1.82, 2.24) is 9.97 Å². The van der Waals surface area contributed by atoms with E-state index >= 15 is 0 Å². The SMILES string of the molecule is CCOc1cc(C)nc(NCC2CCSC2)n1. The number of nitrogens with one attached hydrogen (secondary N) is 1. The van der Waals surface area contributed by atoms with Gasteiger partial charge in [-0.2, -0.15) is 16.7 Å². The summed E-state index contributed by atoms with van der Waals surface area (Å²) in [5.74, 6) is 4.62. The number of hydrogen-bond donors (Lipinski definition) is 1. The zero-order chi connectivity index (χ0) is 12.1. The van der Waals surface area contributed by atoms with Gasteiger partial charge in [-0.25, -0.2) is 4.98 Å². The second kappa shape index (κ2) is 6.10. The molecule has 1 saturated heterocycles. The molecule has 0 radical (unpaired) electrons. The first kappa shape index (κ1) is 12.5. The van der Waals surface area contributed by atoms with Crippen LogP contribution >= 0.6 is 11.8 Å². The van der Waals surface area contributed by atoms with E-state index in [9.17, 15) is 0 Å². The number of aryl methyl sites for hydroxylation is 1. The largest absolute Gasteiger partial charge is 0.478 e. The van der Waals surface area contributed by atoms with Crippen molar-refractivity contribution in [2.45, 2.75) is 20.3 Å². The highest BCUT2D eigenvalue weighted by Gasteiger charge is 2.15. The van der Waals surface area contributed by atoms with E-state index in [-0.39, 0.29) is 0 Å². The summed E-state index contributed by atoms with van der Waals surface area (Å²) in [6.07, 6.45) is 1.29. The molecule has 17 heavy (non-hydrogen) atoms. The third-order valence-electron chi connectivity index (χ3n) is 2.70. The first-order valence-electron chi connectivity index (χ1n) is 6.08. The summed E-state index contributed by atoms with van der Waals surface area (Å²) in [7, 11) is 0. The minimum absolute atomic E-state index is 0.634. The zero-order valence-electron chi connectivity index (χ0n) is 10.4. The lowest BCUT2D eigenvalue weighted by atomic mass is 10.1. The number of thioether (sulfide) groups is 1. The predicted molar refractivity (Wildman–Crippen MR) is 71.9 cm³/mol. The Labute approximate surface area is 107 Å². The Morgan fingerprint density at radius 1 is 1.53 bits per heavy atom. The zero-order valence-corrected chi connectivity index (χ0v) is 11.2. The normalized spacial score (nSPS) is 19.3. The summed E-state index contributed by atoms with van der Waals surface area (Å²) >= 11 is 2.03. The van der Waals surface area contributed by atoms with Crippen LogP contribution < -0.4 is 10.1 Å². The van der Waals surface area contributed by atoms with E-state index < -0.39 is 0 Å². The van der Waals surface area contributed by atoms with Gasteiger partial charge in [0.15, 0.2) is 0 Å². The molecule has 1 aliphatic heterocycles. The molecule has 0 aromatic carbocycles. The van der Waals surface area contributed by atoms with Crippen LogP contribution in [0.1, 0.15) is 19.0 Å². The van der Waals surface area contributed by atoms with Crippen molar-refractivity contribution >= 4 is 17.7 Å². The molecular weight excluding hydrogens is 234 g/mol. The number of anilines is 1. The minimum Gasteiger partial charge on any atom is -0.478 e. The molecule has 1 N–H and O–H groups in total. The van der Waals surface area contributed by atoms with Crippen molar-refractivity contribution in [3.05, 3.63) is 11.8 Å². The molecule has 1 aromatic heterocycles. The van der Waals surface area contributed by atoms with Crippen LogP contribution in [0.5, 0.6) is 5.88 Å². The van der Waals surface area contributed by atoms with Gasteiger partial charge >= 0.3 is 0 Å². The average Bonchev–Trinajstić information content (AvgIpc) is 2.79. The second-order valence-corrected chi connectivity index (χ2v) is 5.36. The monoisotopic (exact) mass is 253 g/mol. The van der Waals surface area contributed by atoms with E-state index in [0.29, 0.717) is 18.4 Å². The van der Waals surface area contributed by atoms with Crippen molar-refractivity contribution in [2.75, 3.05) is 30.0 Å². The van der Waals surface area contributed by atoms with E-state index in [0.717, 1.165) is 18.2 Å². The van der Waals surface area contributed by atoms with Gasteiger partial charge in [-0.1, -0.05) is 0 Å². The molecule has 1 aliphatic rings. The van der Waals surface area contributed by atoms with Crippen molar-refractivity contribution in [1.29, 1.82) is 0 Å². The maximum atomic E-state index is 5.40. The lowest BCUT2D eigenvalue weighted by Crippen LogP contribution is -2.15. The van der Waals surface area contributed by atoms with Gasteiger partial charge in [-0.3, -0.25) is 0 Å². The maximum Gasteiger partial charge on any atom is 0.226 e.